The van der Waals surface area contributed by atoms with E-state index in [1.165, 1.54) is 22.9 Å². The summed E-state index contributed by atoms with van der Waals surface area (Å²) in [7, 11) is 0. The van der Waals surface area contributed by atoms with E-state index >= 15 is 0 Å². The van der Waals surface area contributed by atoms with Crippen LogP contribution in [0.4, 0.5) is 0 Å². The number of benzene rings is 1. The van der Waals surface area contributed by atoms with Crippen molar-refractivity contribution in [3.8, 4) is 17.4 Å². The molecule has 0 aliphatic rings. The molecule has 0 saturated carbocycles. The monoisotopic (exact) mass is 232 g/mol. The number of ether oxygens (including phenoxy) is 1. The van der Waals surface area contributed by atoms with Gasteiger partial charge in [0.25, 0.3) is 5.88 Å². The van der Waals surface area contributed by atoms with Gasteiger partial charge in [0.1, 0.15) is 11.5 Å². The molecule has 17 heavy (non-hydrogen) atoms. The number of hydrogen-bond acceptors (Lipinski definition) is 4. The number of aromatic nitrogens is 2. The van der Waals surface area contributed by atoms with Gasteiger partial charge in [-0.25, -0.2) is 4.98 Å². The van der Waals surface area contributed by atoms with Crippen molar-refractivity contribution >= 4 is 0 Å². The number of aryl methyl sites for hydroxylation is 1. The molecule has 1 aromatic carbocycles. The maximum Gasteiger partial charge on any atom is 0.313 e. The average Bonchev–Trinajstić information content (AvgIpc) is 2.35. The Hall–Kier alpha value is -2.30. The summed E-state index contributed by atoms with van der Waals surface area (Å²) in [5, 5.41) is 9.12. The quantitative estimate of drug-likeness (QED) is 0.875. The molecule has 88 valence electrons. The molecule has 0 aliphatic carbocycles. The van der Waals surface area contributed by atoms with Crippen LogP contribution in [0.2, 0.25) is 0 Å². The van der Waals surface area contributed by atoms with Crippen molar-refractivity contribution in [3.63, 3.8) is 0 Å². The molecule has 0 saturated heterocycles. The van der Waals surface area contributed by atoms with E-state index < -0.39 is 0 Å². The van der Waals surface area contributed by atoms with E-state index in [1.54, 1.807) is 18.3 Å². The average molecular weight is 232 g/mol. The van der Waals surface area contributed by atoms with E-state index in [0.717, 1.165) is 0 Å². The Kier molecular flexibility index (Phi) is 3.09. The van der Waals surface area contributed by atoms with Gasteiger partial charge in [-0.3, -0.25) is 4.79 Å². The van der Waals surface area contributed by atoms with Crippen LogP contribution in [0.25, 0.3) is 0 Å². The van der Waals surface area contributed by atoms with Gasteiger partial charge in [-0.1, -0.05) is 0 Å². The number of rotatable bonds is 3. The summed E-state index contributed by atoms with van der Waals surface area (Å²) in [6.45, 7) is 2.43. The molecule has 1 heterocycles. The molecule has 0 unspecified atom stereocenters. The predicted octanol–water partition coefficient (Wildman–Crippen LogP) is 1.76. The predicted molar refractivity (Wildman–Crippen MR) is 62.4 cm³/mol. The molecule has 5 heteroatoms. The highest BCUT2D eigenvalue weighted by Crippen LogP contribution is 2.19. The normalized spacial score (nSPS) is 10.2. The minimum absolute atomic E-state index is 0.0278. The first-order chi connectivity index (χ1) is 8.20. The summed E-state index contributed by atoms with van der Waals surface area (Å²) in [5.74, 6) is 0.630. The topological polar surface area (TPSA) is 64.3 Å². The van der Waals surface area contributed by atoms with Crippen molar-refractivity contribution in [2.75, 3.05) is 0 Å². The fourth-order valence-electron chi connectivity index (χ4n) is 1.37. The molecule has 0 aliphatic heterocycles. The molecule has 0 fully saturated rings. The summed E-state index contributed by atoms with van der Waals surface area (Å²) in [6.07, 6.45) is 3.12. The third-order valence-electron chi connectivity index (χ3n) is 2.27. The lowest BCUT2D eigenvalue weighted by atomic mass is 10.3. The zero-order valence-corrected chi connectivity index (χ0v) is 9.33. The Labute approximate surface area is 97.9 Å². The second-order valence-corrected chi connectivity index (χ2v) is 3.42. The molecule has 2 rings (SSSR count). The second kappa shape index (κ2) is 4.69. The molecule has 0 radical (unpaired) electrons. The van der Waals surface area contributed by atoms with Crippen LogP contribution < -0.4 is 10.3 Å². The summed E-state index contributed by atoms with van der Waals surface area (Å²) in [6, 6.07) is 6.10. The Bertz CT molecular complexity index is 561. The maximum atomic E-state index is 11.8. The number of nitrogens with zero attached hydrogens (tertiary/aromatic N) is 2. The smallest absolute Gasteiger partial charge is 0.313 e. The van der Waals surface area contributed by atoms with Crippen LogP contribution in [0.5, 0.6) is 17.4 Å². The van der Waals surface area contributed by atoms with Crippen LogP contribution in [0.1, 0.15) is 6.92 Å². The van der Waals surface area contributed by atoms with E-state index in [1.807, 2.05) is 6.92 Å². The zero-order chi connectivity index (χ0) is 12.3. The highest BCUT2D eigenvalue weighted by atomic mass is 16.5. The summed E-state index contributed by atoms with van der Waals surface area (Å²) in [4.78, 5) is 15.7. The number of aromatic hydroxyl groups is 1. The van der Waals surface area contributed by atoms with E-state index in [-0.39, 0.29) is 17.2 Å². The fraction of sp³-hybridized carbons (Fsp3) is 0.167. The van der Waals surface area contributed by atoms with Gasteiger partial charge in [0, 0.05) is 18.9 Å². The molecule has 0 amide bonds. The summed E-state index contributed by atoms with van der Waals surface area (Å²) >= 11 is 0. The van der Waals surface area contributed by atoms with E-state index in [9.17, 15) is 4.79 Å². The SMILES string of the molecule is CCn1ccnc(Oc2ccc(O)cc2)c1=O. The minimum Gasteiger partial charge on any atom is -0.508 e. The zero-order valence-electron chi connectivity index (χ0n) is 9.33. The van der Waals surface area contributed by atoms with Gasteiger partial charge < -0.3 is 14.4 Å². The third kappa shape index (κ3) is 2.44. The third-order valence-corrected chi connectivity index (χ3v) is 2.27. The van der Waals surface area contributed by atoms with Crippen LogP contribution in [0.3, 0.4) is 0 Å². The van der Waals surface area contributed by atoms with Gasteiger partial charge in [0.05, 0.1) is 0 Å². The Morgan fingerprint density at radius 2 is 2.06 bits per heavy atom. The lowest BCUT2D eigenvalue weighted by Gasteiger charge is -2.06. The molecule has 0 atom stereocenters. The Morgan fingerprint density at radius 1 is 1.35 bits per heavy atom. The molecular weight excluding hydrogens is 220 g/mol. The summed E-state index contributed by atoms with van der Waals surface area (Å²) in [5.41, 5.74) is -0.275. The largest absolute Gasteiger partial charge is 0.508 e. The van der Waals surface area contributed by atoms with Crippen molar-refractivity contribution in [1.82, 2.24) is 9.55 Å². The van der Waals surface area contributed by atoms with E-state index in [2.05, 4.69) is 4.98 Å². The maximum absolute atomic E-state index is 11.8. The molecule has 5 nitrogen and oxygen atoms in total. The van der Waals surface area contributed by atoms with Gasteiger partial charge in [-0.2, -0.15) is 0 Å². The van der Waals surface area contributed by atoms with Crippen molar-refractivity contribution < 1.29 is 9.84 Å². The van der Waals surface area contributed by atoms with E-state index in [4.69, 9.17) is 9.84 Å². The lowest BCUT2D eigenvalue weighted by molar-refractivity contribution is 0.441. The Balaban J connectivity index is 2.30. The second-order valence-electron chi connectivity index (χ2n) is 3.42. The molecule has 0 spiro atoms. The number of hydrogen-bond donors (Lipinski definition) is 1. The van der Waals surface area contributed by atoms with Gasteiger partial charge in [-0.15, -0.1) is 0 Å². The van der Waals surface area contributed by atoms with Crippen molar-refractivity contribution in [2.24, 2.45) is 0 Å². The highest BCUT2D eigenvalue weighted by Gasteiger charge is 2.06. The molecule has 2 aromatic rings. The van der Waals surface area contributed by atoms with Crippen molar-refractivity contribution in [3.05, 3.63) is 47.0 Å². The van der Waals surface area contributed by atoms with Gasteiger partial charge in [0.2, 0.25) is 0 Å². The van der Waals surface area contributed by atoms with Crippen molar-refractivity contribution in [1.29, 1.82) is 0 Å². The van der Waals surface area contributed by atoms with Gasteiger partial charge >= 0.3 is 5.56 Å². The standard InChI is InChI=1S/C12H12N2O3/c1-2-14-8-7-13-11(12(14)16)17-10-5-3-9(15)4-6-10/h3-8,15H,2H2,1H3. The molecule has 1 N–H and O–H groups in total. The van der Waals surface area contributed by atoms with Crippen molar-refractivity contribution in [2.45, 2.75) is 13.5 Å². The number of phenolic OH excluding ortho intramolecular Hbond substituents is 1. The Morgan fingerprint density at radius 3 is 2.71 bits per heavy atom. The fourth-order valence-corrected chi connectivity index (χ4v) is 1.37. The van der Waals surface area contributed by atoms with Gasteiger partial charge in [0.15, 0.2) is 0 Å². The minimum atomic E-state index is -0.275. The first-order valence-electron chi connectivity index (χ1n) is 5.23. The molecule has 0 bridgehead atoms. The van der Waals surface area contributed by atoms with E-state index in [0.29, 0.717) is 12.3 Å². The van der Waals surface area contributed by atoms with Crippen LogP contribution in [-0.2, 0) is 6.54 Å². The molecular formula is C12H12N2O3. The first kappa shape index (κ1) is 11.2. The number of phenols is 1. The molecule has 1 aromatic heterocycles. The van der Waals surface area contributed by atoms with Crippen LogP contribution in [0.15, 0.2) is 41.5 Å². The lowest BCUT2D eigenvalue weighted by Crippen LogP contribution is -2.20. The highest BCUT2D eigenvalue weighted by molar-refractivity contribution is 5.32. The summed E-state index contributed by atoms with van der Waals surface area (Å²) < 4.78 is 6.85. The first-order valence-corrected chi connectivity index (χ1v) is 5.23. The van der Waals surface area contributed by atoms with Gasteiger partial charge in [-0.05, 0) is 31.2 Å². The van der Waals surface area contributed by atoms with Crippen LogP contribution in [-0.4, -0.2) is 14.7 Å². The van der Waals surface area contributed by atoms with Crippen LogP contribution in [0, 0.1) is 0 Å². The van der Waals surface area contributed by atoms with Crippen LogP contribution >= 0.6 is 0 Å².